The van der Waals surface area contributed by atoms with Crippen LogP contribution in [0.1, 0.15) is 24.7 Å². The SMILES string of the molecule is CCCOc1ncccc1CNCc1ccco1. The maximum Gasteiger partial charge on any atom is 0.217 e. The maximum atomic E-state index is 5.60. The van der Waals surface area contributed by atoms with Crippen LogP contribution in [-0.2, 0) is 13.1 Å². The number of hydrogen-bond acceptors (Lipinski definition) is 4. The van der Waals surface area contributed by atoms with Crippen LogP contribution in [0.5, 0.6) is 5.88 Å². The van der Waals surface area contributed by atoms with Gasteiger partial charge in [0.25, 0.3) is 0 Å². The molecule has 0 saturated carbocycles. The first-order chi connectivity index (χ1) is 8.90. The van der Waals surface area contributed by atoms with Crippen molar-refractivity contribution in [2.75, 3.05) is 6.61 Å². The standard InChI is InChI=1S/C14H18N2O2/c1-2-8-18-14-12(5-3-7-16-14)10-15-11-13-6-4-9-17-13/h3-7,9,15H,2,8,10-11H2,1H3. The van der Waals surface area contributed by atoms with E-state index in [9.17, 15) is 0 Å². The Morgan fingerprint density at radius 1 is 1.28 bits per heavy atom. The second-order valence-corrected chi connectivity index (χ2v) is 4.00. The highest BCUT2D eigenvalue weighted by molar-refractivity contribution is 5.25. The molecule has 0 radical (unpaired) electrons. The van der Waals surface area contributed by atoms with Gasteiger partial charge in [0.15, 0.2) is 0 Å². The van der Waals surface area contributed by atoms with Gasteiger partial charge >= 0.3 is 0 Å². The predicted molar refractivity (Wildman–Crippen MR) is 69.3 cm³/mol. The summed E-state index contributed by atoms with van der Waals surface area (Å²) in [6, 6.07) is 7.78. The molecule has 0 amide bonds. The van der Waals surface area contributed by atoms with Gasteiger partial charge in [0.2, 0.25) is 5.88 Å². The Morgan fingerprint density at radius 3 is 3.00 bits per heavy atom. The molecule has 0 aliphatic rings. The summed E-state index contributed by atoms with van der Waals surface area (Å²) in [4.78, 5) is 4.25. The highest BCUT2D eigenvalue weighted by atomic mass is 16.5. The van der Waals surface area contributed by atoms with Crippen LogP contribution in [0.25, 0.3) is 0 Å². The van der Waals surface area contributed by atoms with E-state index in [-0.39, 0.29) is 0 Å². The van der Waals surface area contributed by atoms with Gasteiger partial charge in [-0.3, -0.25) is 0 Å². The average molecular weight is 246 g/mol. The van der Waals surface area contributed by atoms with E-state index in [1.807, 2.05) is 24.3 Å². The molecule has 0 aromatic carbocycles. The summed E-state index contributed by atoms with van der Waals surface area (Å²) in [5.41, 5.74) is 1.07. The summed E-state index contributed by atoms with van der Waals surface area (Å²) in [6.07, 6.45) is 4.41. The van der Waals surface area contributed by atoms with Crippen LogP contribution in [0, 0.1) is 0 Å². The molecule has 2 rings (SSSR count). The molecule has 0 spiro atoms. The molecule has 4 nitrogen and oxygen atoms in total. The molecule has 0 aliphatic heterocycles. The van der Waals surface area contributed by atoms with Crippen LogP contribution in [0.4, 0.5) is 0 Å². The van der Waals surface area contributed by atoms with Crippen molar-refractivity contribution in [3.05, 3.63) is 48.0 Å². The molecule has 2 heterocycles. The maximum absolute atomic E-state index is 5.60. The summed E-state index contributed by atoms with van der Waals surface area (Å²) in [5, 5.41) is 3.31. The molecule has 96 valence electrons. The molecule has 2 aromatic rings. The van der Waals surface area contributed by atoms with Crippen LogP contribution >= 0.6 is 0 Å². The predicted octanol–water partition coefficient (Wildman–Crippen LogP) is 2.75. The molecular weight excluding hydrogens is 228 g/mol. The lowest BCUT2D eigenvalue weighted by atomic mass is 10.2. The van der Waals surface area contributed by atoms with Crippen LogP contribution < -0.4 is 10.1 Å². The van der Waals surface area contributed by atoms with Gasteiger partial charge in [0.05, 0.1) is 19.4 Å². The average Bonchev–Trinajstić information content (AvgIpc) is 2.91. The number of nitrogens with one attached hydrogen (secondary N) is 1. The van der Waals surface area contributed by atoms with Crippen molar-refractivity contribution in [1.29, 1.82) is 0 Å². The summed E-state index contributed by atoms with van der Waals surface area (Å²) in [5.74, 6) is 1.64. The normalized spacial score (nSPS) is 10.5. The minimum Gasteiger partial charge on any atom is -0.477 e. The quantitative estimate of drug-likeness (QED) is 0.816. The van der Waals surface area contributed by atoms with Gasteiger partial charge in [-0.15, -0.1) is 0 Å². The Kier molecular flexibility index (Phi) is 4.78. The fourth-order valence-electron chi connectivity index (χ4n) is 1.62. The second kappa shape index (κ2) is 6.81. The molecule has 0 aliphatic carbocycles. The van der Waals surface area contributed by atoms with Crippen molar-refractivity contribution in [3.63, 3.8) is 0 Å². The van der Waals surface area contributed by atoms with Crippen LogP contribution in [0.3, 0.4) is 0 Å². The van der Waals surface area contributed by atoms with Crippen molar-refractivity contribution in [2.45, 2.75) is 26.4 Å². The zero-order valence-corrected chi connectivity index (χ0v) is 10.6. The minimum absolute atomic E-state index is 0.697. The second-order valence-electron chi connectivity index (χ2n) is 4.00. The smallest absolute Gasteiger partial charge is 0.217 e. The molecule has 1 N–H and O–H groups in total. The van der Waals surface area contributed by atoms with Gasteiger partial charge in [-0.1, -0.05) is 13.0 Å². The Bertz CT molecular complexity index is 455. The number of furan rings is 1. The van der Waals surface area contributed by atoms with E-state index >= 15 is 0 Å². The number of pyridine rings is 1. The summed E-state index contributed by atoms with van der Waals surface area (Å²) >= 11 is 0. The molecule has 0 unspecified atom stereocenters. The Balaban J connectivity index is 1.87. The molecule has 0 atom stereocenters. The Hall–Kier alpha value is -1.81. The van der Waals surface area contributed by atoms with Crippen LogP contribution in [0.15, 0.2) is 41.1 Å². The van der Waals surface area contributed by atoms with Crippen molar-refractivity contribution in [3.8, 4) is 5.88 Å². The number of ether oxygens (including phenoxy) is 1. The fraction of sp³-hybridized carbons (Fsp3) is 0.357. The van der Waals surface area contributed by atoms with Crippen molar-refractivity contribution < 1.29 is 9.15 Å². The van der Waals surface area contributed by atoms with Gasteiger partial charge in [-0.05, 0) is 24.6 Å². The lowest BCUT2D eigenvalue weighted by molar-refractivity contribution is 0.300. The van der Waals surface area contributed by atoms with Crippen molar-refractivity contribution in [2.24, 2.45) is 0 Å². The van der Waals surface area contributed by atoms with E-state index in [2.05, 4.69) is 17.2 Å². The molecule has 4 heteroatoms. The molecular formula is C14H18N2O2. The first-order valence-corrected chi connectivity index (χ1v) is 6.20. The van der Waals surface area contributed by atoms with E-state index in [4.69, 9.17) is 9.15 Å². The van der Waals surface area contributed by atoms with E-state index in [1.54, 1.807) is 12.5 Å². The fourth-order valence-corrected chi connectivity index (χ4v) is 1.62. The Labute approximate surface area is 107 Å². The molecule has 18 heavy (non-hydrogen) atoms. The summed E-state index contributed by atoms with van der Waals surface area (Å²) in [6.45, 7) is 4.20. The van der Waals surface area contributed by atoms with Gasteiger partial charge in [0, 0.05) is 18.3 Å². The lowest BCUT2D eigenvalue weighted by Crippen LogP contribution is -2.13. The zero-order valence-electron chi connectivity index (χ0n) is 10.6. The van der Waals surface area contributed by atoms with Gasteiger partial charge in [-0.25, -0.2) is 4.98 Å². The van der Waals surface area contributed by atoms with Gasteiger partial charge in [0.1, 0.15) is 5.76 Å². The monoisotopic (exact) mass is 246 g/mol. The van der Waals surface area contributed by atoms with Crippen molar-refractivity contribution >= 4 is 0 Å². The third kappa shape index (κ3) is 3.60. The first-order valence-electron chi connectivity index (χ1n) is 6.20. The van der Waals surface area contributed by atoms with Crippen LogP contribution in [-0.4, -0.2) is 11.6 Å². The molecule has 0 fully saturated rings. The number of rotatable bonds is 7. The van der Waals surface area contributed by atoms with Gasteiger partial charge < -0.3 is 14.5 Å². The topological polar surface area (TPSA) is 47.3 Å². The zero-order chi connectivity index (χ0) is 12.6. The lowest BCUT2D eigenvalue weighted by Gasteiger charge is -2.09. The van der Waals surface area contributed by atoms with Crippen LogP contribution in [0.2, 0.25) is 0 Å². The number of aromatic nitrogens is 1. The van der Waals surface area contributed by atoms with Crippen molar-refractivity contribution in [1.82, 2.24) is 10.3 Å². The molecule has 2 aromatic heterocycles. The summed E-state index contributed by atoms with van der Waals surface area (Å²) < 4.78 is 10.9. The highest BCUT2D eigenvalue weighted by Crippen LogP contribution is 2.14. The number of nitrogens with zero attached hydrogens (tertiary/aromatic N) is 1. The first kappa shape index (κ1) is 12.6. The molecule has 0 saturated heterocycles. The largest absolute Gasteiger partial charge is 0.477 e. The third-order valence-corrected chi connectivity index (χ3v) is 2.49. The van der Waals surface area contributed by atoms with E-state index in [0.29, 0.717) is 25.6 Å². The summed E-state index contributed by atoms with van der Waals surface area (Å²) in [7, 11) is 0. The van der Waals surface area contributed by atoms with E-state index in [0.717, 1.165) is 17.7 Å². The van der Waals surface area contributed by atoms with E-state index < -0.39 is 0 Å². The molecule has 0 bridgehead atoms. The van der Waals surface area contributed by atoms with E-state index in [1.165, 1.54) is 0 Å². The van der Waals surface area contributed by atoms with Gasteiger partial charge in [-0.2, -0.15) is 0 Å². The Morgan fingerprint density at radius 2 is 2.22 bits per heavy atom. The third-order valence-electron chi connectivity index (χ3n) is 2.49. The number of hydrogen-bond donors (Lipinski definition) is 1. The minimum atomic E-state index is 0.697. The highest BCUT2D eigenvalue weighted by Gasteiger charge is 2.04.